The number of carbonyl (C=O) groups is 2. The van der Waals surface area contributed by atoms with Gasteiger partial charge >= 0.3 is 0 Å². The van der Waals surface area contributed by atoms with E-state index in [1.54, 1.807) is 11.3 Å². The highest BCUT2D eigenvalue weighted by molar-refractivity contribution is 7.07. The highest BCUT2D eigenvalue weighted by atomic mass is 32.1. The van der Waals surface area contributed by atoms with E-state index in [2.05, 4.69) is 22.1 Å². The zero-order valence-corrected chi connectivity index (χ0v) is 17.6. The summed E-state index contributed by atoms with van der Waals surface area (Å²) in [5.74, 6) is 1.24. The third kappa shape index (κ3) is 5.38. The average molecular weight is 413 g/mol. The predicted molar refractivity (Wildman–Crippen MR) is 114 cm³/mol. The highest BCUT2D eigenvalue weighted by Gasteiger charge is 2.35. The van der Waals surface area contributed by atoms with Gasteiger partial charge in [0.25, 0.3) is 5.91 Å². The Morgan fingerprint density at radius 3 is 2.69 bits per heavy atom. The number of amides is 2. The second kappa shape index (κ2) is 8.99. The monoisotopic (exact) mass is 412 g/mol. The summed E-state index contributed by atoms with van der Waals surface area (Å²) in [6.07, 6.45) is 4.70. The third-order valence-electron chi connectivity index (χ3n) is 5.58. The van der Waals surface area contributed by atoms with Crippen LogP contribution in [0.2, 0.25) is 0 Å². The smallest absolute Gasteiger partial charge is 0.251 e. The molecular formula is C23H28N2O3S. The number of nitrogens with one attached hydrogen (secondary N) is 1. The minimum Gasteiger partial charge on any atom is -0.490 e. The molecule has 1 aromatic carbocycles. The standard InChI is InChI=1S/C23H28N2O3S/c1-16(13-17-9-12-29-15-17)24-22(26)19-3-2-4-21(14-19)28-20-7-10-25(11-8-20)23(27)18-5-6-18/h2-4,9,12,14-16,18,20H,5-8,10-11,13H2,1H3,(H,24,26)/t16-/m1/s1. The number of hydrogen-bond acceptors (Lipinski definition) is 4. The molecule has 1 saturated heterocycles. The Bertz CT molecular complexity index is 840. The maximum Gasteiger partial charge on any atom is 0.251 e. The first kappa shape index (κ1) is 20.0. The molecule has 1 aromatic heterocycles. The van der Waals surface area contributed by atoms with E-state index >= 15 is 0 Å². The summed E-state index contributed by atoms with van der Waals surface area (Å²) in [5, 5.41) is 7.23. The Hall–Kier alpha value is -2.34. The van der Waals surface area contributed by atoms with Gasteiger partial charge in [-0.1, -0.05) is 6.07 Å². The molecule has 2 aromatic rings. The summed E-state index contributed by atoms with van der Waals surface area (Å²) in [6, 6.07) is 9.54. The molecule has 1 atom stereocenters. The van der Waals surface area contributed by atoms with E-state index in [9.17, 15) is 9.59 Å². The normalized spacial score (nSPS) is 18.3. The van der Waals surface area contributed by atoms with E-state index in [1.165, 1.54) is 5.56 Å². The molecule has 2 aliphatic rings. The Balaban J connectivity index is 1.28. The molecule has 0 radical (unpaired) electrons. The van der Waals surface area contributed by atoms with E-state index in [0.717, 1.165) is 50.9 Å². The van der Waals surface area contributed by atoms with Crippen molar-refractivity contribution in [2.45, 2.75) is 51.2 Å². The summed E-state index contributed by atoms with van der Waals surface area (Å²) in [6.45, 7) is 3.55. The molecule has 4 rings (SSSR count). The van der Waals surface area contributed by atoms with Crippen molar-refractivity contribution in [3.05, 3.63) is 52.2 Å². The number of carbonyl (C=O) groups excluding carboxylic acids is 2. The van der Waals surface area contributed by atoms with Crippen LogP contribution >= 0.6 is 11.3 Å². The lowest BCUT2D eigenvalue weighted by Gasteiger charge is -2.32. The zero-order chi connectivity index (χ0) is 20.2. The van der Waals surface area contributed by atoms with E-state index in [4.69, 9.17) is 4.74 Å². The lowest BCUT2D eigenvalue weighted by molar-refractivity contribution is -0.134. The van der Waals surface area contributed by atoms with E-state index in [1.807, 2.05) is 36.1 Å². The molecule has 2 fully saturated rings. The summed E-state index contributed by atoms with van der Waals surface area (Å²) in [5.41, 5.74) is 1.85. The van der Waals surface area contributed by atoms with E-state index < -0.39 is 0 Å². The molecule has 6 heteroatoms. The first-order valence-corrected chi connectivity index (χ1v) is 11.4. The fourth-order valence-corrected chi connectivity index (χ4v) is 4.49. The minimum atomic E-state index is -0.0805. The molecule has 0 bridgehead atoms. The van der Waals surface area contributed by atoms with Crippen LogP contribution in [0.5, 0.6) is 5.75 Å². The van der Waals surface area contributed by atoms with Crippen LogP contribution in [0.1, 0.15) is 48.5 Å². The van der Waals surface area contributed by atoms with Crippen LogP contribution < -0.4 is 10.1 Å². The van der Waals surface area contributed by atoms with Crippen molar-refractivity contribution < 1.29 is 14.3 Å². The highest BCUT2D eigenvalue weighted by Crippen LogP contribution is 2.32. The van der Waals surface area contributed by atoms with Crippen LogP contribution in [0.15, 0.2) is 41.1 Å². The van der Waals surface area contributed by atoms with Crippen molar-refractivity contribution in [2.24, 2.45) is 5.92 Å². The summed E-state index contributed by atoms with van der Waals surface area (Å²) in [7, 11) is 0. The summed E-state index contributed by atoms with van der Waals surface area (Å²) in [4.78, 5) is 26.8. The van der Waals surface area contributed by atoms with Crippen molar-refractivity contribution in [2.75, 3.05) is 13.1 Å². The minimum absolute atomic E-state index is 0.0648. The van der Waals surface area contributed by atoms with Gasteiger partial charge in [0.2, 0.25) is 5.91 Å². The average Bonchev–Trinajstić information content (AvgIpc) is 3.45. The maximum atomic E-state index is 12.6. The van der Waals surface area contributed by atoms with Crippen LogP contribution in [0, 0.1) is 5.92 Å². The van der Waals surface area contributed by atoms with Gasteiger partial charge in [0.05, 0.1) is 0 Å². The zero-order valence-electron chi connectivity index (χ0n) is 16.8. The molecule has 0 unspecified atom stereocenters. The molecule has 2 amide bonds. The Labute approximate surface area is 176 Å². The van der Waals surface area contributed by atoms with Gasteiger partial charge in [-0.15, -0.1) is 0 Å². The van der Waals surface area contributed by atoms with Gasteiger partial charge in [-0.2, -0.15) is 11.3 Å². The third-order valence-corrected chi connectivity index (χ3v) is 6.31. The summed E-state index contributed by atoms with van der Waals surface area (Å²) >= 11 is 1.67. The summed E-state index contributed by atoms with van der Waals surface area (Å²) < 4.78 is 6.12. The molecule has 1 saturated carbocycles. The van der Waals surface area contributed by atoms with Crippen LogP contribution in [-0.2, 0) is 11.2 Å². The number of ether oxygens (including phenoxy) is 1. The van der Waals surface area contributed by atoms with Crippen LogP contribution in [-0.4, -0.2) is 41.9 Å². The topological polar surface area (TPSA) is 58.6 Å². The number of rotatable bonds is 7. The van der Waals surface area contributed by atoms with E-state index in [0.29, 0.717) is 11.5 Å². The van der Waals surface area contributed by atoms with Gasteiger partial charge in [0.15, 0.2) is 0 Å². The second-order valence-electron chi connectivity index (χ2n) is 8.15. The molecule has 1 N–H and O–H groups in total. The van der Waals surface area contributed by atoms with Crippen molar-refractivity contribution in [1.29, 1.82) is 0 Å². The van der Waals surface area contributed by atoms with Gasteiger partial charge in [0.1, 0.15) is 11.9 Å². The first-order chi connectivity index (χ1) is 14.1. The number of hydrogen-bond donors (Lipinski definition) is 1. The molecule has 2 heterocycles. The SMILES string of the molecule is C[C@H](Cc1ccsc1)NC(=O)c1cccc(OC2CCN(C(=O)C3CC3)CC2)c1. The van der Waals surface area contributed by atoms with Crippen LogP contribution in [0.25, 0.3) is 0 Å². The van der Waals surface area contributed by atoms with Crippen molar-refractivity contribution >= 4 is 23.2 Å². The van der Waals surface area contributed by atoms with Crippen LogP contribution in [0.3, 0.4) is 0 Å². The molecule has 0 spiro atoms. The van der Waals surface area contributed by atoms with Gasteiger partial charge in [-0.05, 0) is 66.8 Å². The maximum absolute atomic E-state index is 12.6. The number of piperidine rings is 1. The van der Waals surface area contributed by atoms with Gasteiger partial charge in [0, 0.05) is 43.5 Å². The van der Waals surface area contributed by atoms with Crippen molar-refractivity contribution in [3.63, 3.8) is 0 Å². The Morgan fingerprint density at radius 2 is 2.00 bits per heavy atom. The lowest BCUT2D eigenvalue weighted by Crippen LogP contribution is -2.42. The molecule has 29 heavy (non-hydrogen) atoms. The fraction of sp³-hybridized carbons (Fsp3) is 0.478. The molecule has 154 valence electrons. The molecule has 1 aliphatic carbocycles. The van der Waals surface area contributed by atoms with Gasteiger partial charge < -0.3 is 15.0 Å². The quantitative estimate of drug-likeness (QED) is 0.751. The van der Waals surface area contributed by atoms with Crippen molar-refractivity contribution in [1.82, 2.24) is 10.2 Å². The van der Waals surface area contributed by atoms with Crippen LogP contribution in [0.4, 0.5) is 0 Å². The van der Waals surface area contributed by atoms with Gasteiger partial charge in [-0.25, -0.2) is 0 Å². The fourth-order valence-electron chi connectivity index (χ4n) is 3.81. The first-order valence-electron chi connectivity index (χ1n) is 10.5. The number of likely N-dealkylation sites (tertiary alicyclic amines) is 1. The number of benzene rings is 1. The second-order valence-corrected chi connectivity index (χ2v) is 8.93. The largest absolute Gasteiger partial charge is 0.490 e. The number of nitrogens with zero attached hydrogens (tertiary/aromatic N) is 1. The Morgan fingerprint density at radius 1 is 1.21 bits per heavy atom. The van der Waals surface area contributed by atoms with Gasteiger partial charge in [-0.3, -0.25) is 9.59 Å². The molecular weight excluding hydrogens is 384 g/mol. The Kier molecular flexibility index (Phi) is 6.19. The molecule has 1 aliphatic heterocycles. The number of thiophene rings is 1. The predicted octanol–water partition coefficient (Wildman–Crippen LogP) is 3.89. The molecule has 5 nitrogen and oxygen atoms in total. The lowest BCUT2D eigenvalue weighted by atomic mass is 10.1. The van der Waals surface area contributed by atoms with Crippen molar-refractivity contribution in [3.8, 4) is 5.75 Å². The van der Waals surface area contributed by atoms with E-state index in [-0.39, 0.29) is 24.0 Å².